The second-order valence-corrected chi connectivity index (χ2v) is 6.14. The van der Waals surface area contributed by atoms with E-state index in [0.717, 1.165) is 0 Å². The third-order valence-electron chi connectivity index (χ3n) is 2.69. The van der Waals surface area contributed by atoms with Crippen LogP contribution < -0.4 is 15.4 Å². The molecule has 1 rings (SSSR count). The van der Waals surface area contributed by atoms with Gasteiger partial charge in [-0.25, -0.2) is 9.59 Å². The lowest BCUT2D eigenvalue weighted by Crippen LogP contribution is -2.50. The first-order valence-corrected chi connectivity index (χ1v) is 7.37. The standard InChI is InChI=1S/C16H20F2N2O5/c1-9(12(21)19-15(23)20-16(2,3)4)24-13(22)10-5-7-11(8-6-10)25-14(17)18/h5-9,14H,1-4H3,(H2,19,20,21,23)/t9-/m1/s1. The van der Waals surface area contributed by atoms with E-state index in [-0.39, 0.29) is 11.3 Å². The molecular weight excluding hydrogens is 338 g/mol. The summed E-state index contributed by atoms with van der Waals surface area (Å²) in [4.78, 5) is 35.3. The van der Waals surface area contributed by atoms with Gasteiger partial charge in [0.15, 0.2) is 6.10 Å². The van der Waals surface area contributed by atoms with Crippen molar-refractivity contribution in [2.45, 2.75) is 45.9 Å². The van der Waals surface area contributed by atoms with Crippen LogP contribution in [0.2, 0.25) is 0 Å². The van der Waals surface area contributed by atoms with Gasteiger partial charge in [0, 0.05) is 5.54 Å². The molecule has 0 unspecified atom stereocenters. The topological polar surface area (TPSA) is 93.7 Å². The van der Waals surface area contributed by atoms with Gasteiger partial charge in [-0.15, -0.1) is 0 Å². The fourth-order valence-corrected chi connectivity index (χ4v) is 1.64. The van der Waals surface area contributed by atoms with Crippen molar-refractivity contribution in [3.63, 3.8) is 0 Å². The van der Waals surface area contributed by atoms with Gasteiger partial charge >= 0.3 is 18.6 Å². The van der Waals surface area contributed by atoms with Crippen LogP contribution in [-0.2, 0) is 9.53 Å². The maximum Gasteiger partial charge on any atom is 0.387 e. The predicted octanol–water partition coefficient (Wildman–Crippen LogP) is 2.46. The Kier molecular flexibility index (Phi) is 6.84. The molecule has 0 saturated heterocycles. The number of hydrogen-bond acceptors (Lipinski definition) is 5. The highest BCUT2D eigenvalue weighted by molar-refractivity contribution is 5.98. The van der Waals surface area contributed by atoms with E-state index < -0.39 is 36.2 Å². The normalized spacial score (nSPS) is 12.3. The molecule has 0 aromatic heterocycles. The van der Waals surface area contributed by atoms with E-state index in [0.29, 0.717) is 0 Å². The Hall–Kier alpha value is -2.71. The summed E-state index contributed by atoms with van der Waals surface area (Å²) < 4.78 is 33.2. The maximum atomic E-state index is 12.1. The first kappa shape index (κ1) is 20.3. The highest BCUT2D eigenvalue weighted by Crippen LogP contribution is 2.15. The van der Waals surface area contributed by atoms with Crippen molar-refractivity contribution in [2.24, 2.45) is 0 Å². The zero-order valence-corrected chi connectivity index (χ0v) is 14.3. The van der Waals surface area contributed by atoms with E-state index in [1.54, 1.807) is 20.8 Å². The van der Waals surface area contributed by atoms with Crippen LogP contribution in [0.3, 0.4) is 0 Å². The maximum absolute atomic E-state index is 12.1. The number of halogens is 2. The summed E-state index contributed by atoms with van der Waals surface area (Å²) in [5.41, 5.74) is -0.493. The lowest BCUT2D eigenvalue weighted by atomic mass is 10.1. The van der Waals surface area contributed by atoms with E-state index in [2.05, 4.69) is 15.4 Å². The molecule has 138 valence electrons. The van der Waals surface area contributed by atoms with Crippen molar-refractivity contribution < 1.29 is 32.6 Å². The molecule has 2 N–H and O–H groups in total. The SMILES string of the molecule is C[C@@H](OC(=O)c1ccc(OC(F)F)cc1)C(=O)NC(=O)NC(C)(C)C. The van der Waals surface area contributed by atoms with Gasteiger partial charge in [0.05, 0.1) is 5.56 Å². The minimum atomic E-state index is -2.97. The van der Waals surface area contributed by atoms with Crippen molar-refractivity contribution >= 4 is 17.9 Å². The van der Waals surface area contributed by atoms with Crippen molar-refractivity contribution in [1.29, 1.82) is 0 Å². The number of nitrogens with one attached hydrogen (secondary N) is 2. The second-order valence-electron chi connectivity index (χ2n) is 6.14. The van der Waals surface area contributed by atoms with Crippen LogP contribution in [0.25, 0.3) is 0 Å². The molecule has 0 spiro atoms. The number of ether oxygens (including phenoxy) is 2. The molecule has 0 bridgehead atoms. The van der Waals surface area contributed by atoms with E-state index in [4.69, 9.17) is 4.74 Å². The fourth-order valence-electron chi connectivity index (χ4n) is 1.64. The molecule has 0 fully saturated rings. The molecule has 0 aliphatic rings. The predicted molar refractivity (Wildman–Crippen MR) is 84.4 cm³/mol. The van der Waals surface area contributed by atoms with Crippen LogP contribution in [0, 0.1) is 0 Å². The Morgan fingerprint density at radius 1 is 1.08 bits per heavy atom. The minimum Gasteiger partial charge on any atom is -0.449 e. The molecule has 9 heteroatoms. The van der Waals surface area contributed by atoms with Gasteiger partial charge in [0.2, 0.25) is 0 Å². The third kappa shape index (κ3) is 7.60. The number of benzene rings is 1. The first-order valence-electron chi connectivity index (χ1n) is 7.37. The third-order valence-corrected chi connectivity index (χ3v) is 2.69. The molecule has 3 amide bonds. The molecular formula is C16H20F2N2O5. The molecule has 0 heterocycles. The Bertz CT molecular complexity index is 626. The molecule has 7 nitrogen and oxygen atoms in total. The molecule has 0 radical (unpaired) electrons. The molecule has 0 aliphatic heterocycles. The summed E-state index contributed by atoms with van der Waals surface area (Å²) in [5, 5.41) is 4.58. The summed E-state index contributed by atoms with van der Waals surface area (Å²) in [5.74, 6) is -1.76. The van der Waals surface area contributed by atoms with E-state index in [9.17, 15) is 23.2 Å². The molecule has 0 aliphatic carbocycles. The van der Waals surface area contributed by atoms with Crippen LogP contribution >= 0.6 is 0 Å². The molecule has 25 heavy (non-hydrogen) atoms. The van der Waals surface area contributed by atoms with Gasteiger partial charge in [0.25, 0.3) is 5.91 Å². The fraction of sp³-hybridized carbons (Fsp3) is 0.438. The summed E-state index contributed by atoms with van der Waals surface area (Å²) in [6, 6.07) is 4.07. The van der Waals surface area contributed by atoms with E-state index >= 15 is 0 Å². The molecule has 1 aromatic rings. The lowest BCUT2D eigenvalue weighted by molar-refractivity contribution is -0.127. The Balaban J connectivity index is 2.58. The molecule has 0 saturated carbocycles. The first-order chi connectivity index (χ1) is 11.5. The van der Waals surface area contributed by atoms with Gasteiger partial charge < -0.3 is 14.8 Å². The van der Waals surface area contributed by atoms with Gasteiger partial charge in [-0.05, 0) is 52.0 Å². The molecule has 1 atom stereocenters. The summed E-state index contributed by atoms with van der Waals surface area (Å²) >= 11 is 0. The Labute approximate surface area is 143 Å². The van der Waals surface area contributed by atoms with Crippen LogP contribution in [-0.4, -0.2) is 36.2 Å². The van der Waals surface area contributed by atoms with Gasteiger partial charge in [-0.3, -0.25) is 10.1 Å². The Morgan fingerprint density at radius 2 is 1.64 bits per heavy atom. The van der Waals surface area contributed by atoms with Crippen LogP contribution in [0.5, 0.6) is 5.75 Å². The van der Waals surface area contributed by atoms with Crippen molar-refractivity contribution in [2.75, 3.05) is 0 Å². The highest BCUT2D eigenvalue weighted by atomic mass is 19.3. The number of rotatable bonds is 5. The monoisotopic (exact) mass is 358 g/mol. The smallest absolute Gasteiger partial charge is 0.387 e. The quantitative estimate of drug-likeness (QED) is 0.789. The van der Waals surface area contributed by atoms with Crippen LogP contribution in [0.1, 0.15) is 38.1 Å². The number of urea groups is 1. The minimum absolute atomic E-state index is 0.0420. The van der Waals surface area contributed by atoms with Crippen molar-refractivity contribution in [3.8, 4) is 5.75 Å². The number of imide groups is 1. The second kappa shape index (κ2) is 8.41. The number of esters is 1. The van der Waals surface area contributed by atoms with Gasteiger partial charge in [-0.2, -0.15) is 8.78 Å². The van der Waals surface area contributed by atoms with Gasteiger partial charge in [-0.1, -0.05) is 0 Å². The highest BCUT2D eigenvalue weighted by Gasteiger charge is 2.22. The average Bonchev–Trinajstić information content (AvgIpc) is 2.44. The number of hydrogen-bond donors (Lipinski definition) is 2. The Morgan fingerprint density at radius 3 is 2.12 bits per heavy atom. The summed E-state index contributed by atoms with van der Waals surface area (Å²) in [7, 11) is 0. The summed E-state index contributed by atoms with van der Waals surface area (Å²) in [6.45, 7) is 3.54. The number of amides is 3. The van der Waals surface area contributed by atoms with E-state index in [1.807, 2.05) is 0 Å². The average molecular weight is 358 g/mol. The van der Waals surface area contributed by atoms with Crippen LogP contribution in [0.15, 0.2) is 24.3 Å². The number of alkyl halides is 2. The number of carbonyl (C=O) groups excluding carboxylic acids is 3. The zero-order valence-electron chi connectivity index (χ0n) is 14.3. The van der Waals surface area contributed by atoms with Crippen molar-refractivity contribution in [3.05, 3.63) is 29.8 Å². The zero-order chi connectivity index (χ0) is 19.2. The largest absolute Gasteiger partial charge is 0.449 e. The molecule has 1 aromatic carbocycles. The summed E-state index contributed by atoms with van der Waals surface area (Å²) in [6.07, 6.45) is -1.23. The number of carbonyl (C=O) groups is 3. The van der Waals surface area contributed by atoms with Gasteiger partial charge in [0.1, 0.15) is 5.75 Å². The van der Waals surface area contributed by atoms with Crippen LogP contribution in [0.4, 0.5) is 13.6 Å². The van der Waals surface area contributed by atoms with Crippen molar-refractivity contribution in [1.82, 2.24) is 10.6 Å². The van der Waals surface area contributed by atoms with E-state index in [1.165, 1.54) is 31.2 Å². The lowest BCUT2D eigenvalue weighted by Gasteiger charge is -2.21.